The van der Waals surface area contributed by atoms with Gasteiger partial charge in [-0.15, -0.1) is 0 Å². The van der Waals surface area contributed by atoms with Crippen LogP contribution in [0.1, 0.15) is 49.8 Å². The molecule has 0 heterocycles. The number of amides is 1. The predicted molar refractivity (Wildman–Crippen MR) is 63.8 cm³/mol. The lowest BCUT2D eigenvalue weighted by molar-refractivity contribution is -0.121. The van der Waals surface area contributed by atoms with Crippen LogP contribution in [0.25, 0.3) is 0 Å². The fourth-order valence-corrected chi connectivity index (χ4v) is 2.02. The summed E-state index contributed by atoms with van der Waals surface area (Å²) in [5.41, 5.74) is 2.34. The van der Waals surface area contributed by atoms with E-state index in [-0.39, 0.29) is 11.9 Å². The van der Waals surface area contributed by atoms with Crippen molar-refractivity contribution >= 4 is 5.91 Å². The van der Waals surface area contributed by atoms with Gasteiger partial charge in [0.1, 0.15) is 0 Å². The molecule has 0 saturated heterocycles. The Balaban J connectivity index is 1.95. The molecule has 1 unspecified atom stereocenters. The number of hydrogen-bond acceptors (Lipinski definition) is 1. The maximum atomic E-state index is 11.6. The molecule has 2 nitrogen and oxygen atoms in total. The van der Waals surface area contributed by atoms with Crippen molar-refractivity contribution in [2.45, 2.75) is 38.6 Å². The molecule has 1 aromatic rings. The molecule has 1 atom stereocenters. The van der Waals surface area contributed by atoms with E-state index >= 15 is 0 Å². The lowest BCUT2D eigenvalue weighted by Crippen LogP contribution is -2.26. The molecule has 0 bridgehead atoms. The number of unbranched alkanes of at least 4 members (excludes halogenated alkanes) is 1. The Kier molecular flexibility index (Phi) is 3.60. The van der Waals surface area contributed by atoms with E-state index in [1.54, 1.807) is 0 Å². The Bertz CT molecular complexity index is 373. The highest BCUT2D eigenvalue weighted by Gasteiger charge is 2.23. The van der Waals surface area contributed by atoms with E-state index in [1.165, 1.54) is 5.56 Å². The molecule has 1 aromatic carbocycles. The average Bonchev–Trinajstić information content (AvgIpc) is 2.70. The van der Waals surface area contributed by atoms with Gasteiger partial charge in [0.15, 0.2) is 0 Å². The second-order valence-corrected chi connectivity index (χ2v) is 4.19. The van der Waals surface area contributed by atoms with E-state index < -0.39 is 0 Å². The molecule has 0 spiro atoms. The second kappa shape index (κ2) is 5.15. The summed E-state index contributed by atoms with van der Waals surface area (Å²) in [7, 11) is 0. The van der Waals surface area contributed by atoms with Crippen molar-refractivity contribution in [2.24, 2.45) is 0 Å². The van der Waals surface area contributed by atoms with Crippen LogP contribution in [-0.4, -0.2) is 5.91 Å². The summed E-state index contributed by atoms with van der Waals surface area (Å²) in [6.07, 6.45) is 6.76. The van der Waals surface area contributed by atoms with Gasteiger partial charge in [0.25, 0.3) is 0 Å². The van der Waals surface area contributed by atoms with Gasteiger partial charge in [-0.25, -0.2) is 0 Å². The zero-order chi connectivity index (χ0) is 11.4. The van der Waals surface area contributed by atoms with Crippen LogP contribution in [-0.2, 0) is 4.79 Å². The van der Waals surface area contributed by atoms with Gasteiger partial charge in [-0.1, -0.05) is 37.6 Å². The molecule has 1 aliphatic rings. The molecule has 2 radical (unpaired) electrons. The molecular weight excluding hydrogens is 198 g/mol. The maximum Gasteiger partial charge on any atom is 0.220 e. The minimum Gasteiger partial charge on any atom is -0.349 e. The monoisotopic (exact) mass is 215 g/mol. The second-order valence-electron chi connectivity index (χ2n) is 4.19. The third kappa shape index (κ3) is 2.43. The van der Waals surface area contributed by atoms with Crippen molar-refractivity contribution in [3.63, 3.8) is 0 Å². The zero-order valence-corrected chi connectivity index (χ0v) is 9.62. The highest BCUT2D eigenvalue weighted by Crippen LogP contribution is 2.32. The van der Waals surface area contributed by atoms with Crippen LogP contribution < -0.4 is 5.32 Å². The first kappa shape index (κ1) is 11.2. The van der Waals surface area contributed by atoms with Gasteiger partial charge in [-0.05, 0) is 24.0 Å². The summed E-state index contributed by atoms with van der Waals surface area (Å²) >= 11 is 0. The Morgan fingerprint density at radius 1 is 1.50 bits per heavy atom. The predicted octanol–water partition coefficient (Wildman–Crippen LogP) is 2.87. The molecule has 0 aromatic heterocycles. The van der Waals surface area contributed by atoms with E-state index in [4.69, 9.17) is 0 Å². The first-order valence-corrected chi connectivity index (χ1v) is 5.93. The minimum atomic E-state index is 0.139. The summed E-state index contributed by atoms with van der Waals surface area (Å²) < 4.78 is 0. The average molecular weight is 215 g/mol. The number of nitrogens with one attached hydrogen (secondary N) is 1. The van der Waals surface area contributed by atoms with Crippen LogP contribution in [0.3, 0.4) is 0 Å². The molecule has 16 heavy (non-hydrogen) atoms. The number of benzene rings is 1. The number of rotatable bonds is 4. The van der Waals surface area contributed by atoms with Gasteiger partial charge in [-0.2, -0.15) is 0 Å². The Hall–Kier alpha value is -1.31. The highest BCUT2D eigenvalue weighted by molar-refractivity contribution is 5.76. The fraction of sp³-hybridized carbons (Fsp3) is 0.429. The van der Waals surface area contributed by atoms with Crippen molar-refractivity contribution in [3.8, 4) is 0 Å². The number of carbonyl (C=O) groups is 1. The normalized spacial score (nSPS) is 18.2. The molecule has 1 amide bonds. The van der Waals surface area contributed by atoms with Crippen LogP contribution in [0.5, 0.6) is 0 Å². The van der Waals surface area contributed by atoms with Crippen LogP contribution in [0.2, 0.25) is 0 Å². The topological polar surface area (TPSA) is 29.1 Å². The maximum absolute atomic E-state index is 11.6. The quantitative estimate of drug-likeness (QED) is 0.822. The van der Waals surface area contributed by atoms with Gasteiger partial charge < -0.3 is 5.32 Å². The molecule has 84 valence electrons. The first-order chi connectivity index (χ1) is 7.81. The number of fused-ring (bicyclic) bond motifs is 1. The van der Waals surface area contributed by atoms with E-state index in [0.29, 0.717) is 6.42 Å². The third-order valence-corrected chi connectivity index (χ3v) is 2.93. The number of carbonyl (C=O) groups excluding carboxylic acids is 1. The number of hydrogen-bond donors (Lipinski definition) is 1. The largest absolute Gasteiger partial charge is 0.349 e. The summed E-state index contributed by atoms with van der Waals surface area (Å²) in [6.45, 7) is 2.10. The molecular formula is C14H17NO. The summed E-state index contributed by atoms with van der Waals surface area (Å²) in [4.78, 5) is 11.6. The van der Waals surface area contributed by atoms with Gasteiger partial charge in [0.05, 0.1) is 6.04 Å². The highest BCUT2D eigenvalue weighted by atomic mass is 16.1. The van der Waals surface area contributed by atoms with Gasteiger partial charge in [-0.3, -0.25) is 4.79 Å². The zero-order valence-electron chi connectivity index (χ0n) is 9.62. The summed E-state index contributed by atoms with van der Waals surface area (Å²) in [5, 5.41) is 3.07. The van der Waals surface area contributed by atoms with Gasteiger partial charge in [0.2, 0.25) is 5.91 Å². The first-order valence-electron chi connectivity index (χ1n) is 5.93. The smallest absolute Gasteiger partial charge is 0.220 e. The van der Waals surface area contributed by atoms with E-state index in [1.807, 2.05) is 18.2 Å². The summed E-state index contributed by atoms with van der Waals surface area (Å²) in [6, 6.07) is 8.28. The molecule has 1 aliphatic carbocycles. The van der Waals surface area contributed by atoms with Crippen molar-refractivity contribution in [3.05, 3.63) is 41.8 Å². The molecule has 0 saturated carbocycles. The van der Waals surface area contributed by atoms with Gasteiger partial charge in [0, 0.05) is 12.8 Å². The Morgan fingerprint density at radius 3 is 3.12 bits per heavy atom. The Morgan fingerprint density at radius 2 is 2.31 bits per heavy atom. The molecule has 2 rings (SSSR count). The molecule has 0 aliphatic heterocycles. The van der Waals surface area contributed by atoms with Gasteiger partial charge >= 0.3 is 0 Å². The lowest BCUT2D eigenvalue weighted by atomic mass is 10.1. The SMILES string of the molecule is CCCCC(=O)NC1C[C]c2ccccc21. The minimum absolute atomic E-state index is 0.139. The van der Waals surface area contributed by atoms with Crippen molar-refractivity contribution in [2.75, 3.05) is 0 Å². The van der Waals surface area contributed by atoms with E-state index in [9.17, 15) is 4.79 Å². The van der Waals surface area contributed by atoms with E-state index in [2.05, 4.69) is 24.7 Å². The van der Waals surface area contributed by atoms with Crippen molar-refractivity contribution in [1.29, 1.82) is 0 Å². The Labute approximate surface area is 97.1 Å². The molecule has 2 heteroatoms. The summed E-state index contributed by atoms with van der Waals surface area (Å²) in [5.74, 6) is 0.158. The van der Waals surface area contributed by atoms with Crippen LogP contribution in [0.4, 0.5) is 0 Å². The van der Waals surface area contributed by atoms with Crippen molar-refractivity contribution in [1.82, 2.24) is 5.32 Å². The molecule has 1 N–H and O–H groups in total. The standard InChI is InChI=1S/C14H17NO/c1-2-3-8-14(16)15-13-10-9-11-6-4-5-7-12(11)13/h4-7,13H,2-3,8,10H2,1H3,(H,15,16). The van der Waals surface area contributed by atoms with Crippen LogP contribution in [0.15, 0.2) is 24.3 Å². The van der Waals surface area contributed by atoms with E-state index in [0.717, 1.165) is 24.8 Å². The van der Waals surface area contributed by atoms with Crippen LogP contribution in [0, 0.1) is 6.42 Å². The third-order valence-electron chi connectivity index (χ3n) is 2.93. The fourth-order valence-electron chi connectivity index (χ4n) is 2.02. The van der Waals surface area contributed by atoms with Crippen molar-refractivity contribution < 1.29 is 4.79 Å². The van der Waals surface area contributed by atoms with Crippen LogP contribution >= 0.6 is 0 Å². The lowest BCUT2D eigenvalue weighted by Gasteiger charge is -2.13. The molecule has 0 fully saturated rings.